The van der Waals surface area contributed by atoms with Crippen LogP contribution in [-0.2, 0) is 78.2 Å². The maximum absolute atomic E-state index is 14.5. The van der Waals surface area contributed by atoms with Crippen LogP contribution >= 0.6 is 0 Å². The second-order valence-corrected chi connectivity index (χ2v) is 18.3. The van der Waals surface area contributed by atoms with E-state index in [9.17, 15) is 19.2 Å². The van der Waals surface area contributed by atoms with Gasteiger partial charge in [0.1, 0.15) is 74.2 Å². The Bertz CT molecular complexity index is 2700. The fourth-order valence-electron chi connectivity index (χ4n) is 8.37. The number of H-pyrrole nitrogens is 1. The lowest BCUT2D eigenvalue weighted by Gasteiger charge is -2.25. The number of aromatic nitrogens is 1. The zero-order valence-corrected chi connectivity index (χ0v) is 44.7. The van der Waals surface area contributed by atoms with E-state index >= 15 is 0 Å². The molecule has 0 unspecified atom stereocenters. The molecule has 1 aliphatic heterocycles. The van der Waals surface area contributed by atoms with Crippen molar-refractivity contribution in [2.75, 3.05) is 106 Å². The molecule has 1 aliphatic rings. The second-order valence-electron chi connectivity index (χ2n) is 18.3. The number of hydrogen-bond acceptors (Lipinski definition) is 15. The zero-order valence-electron chi connectivity index (χ0n) is 44.7. The molecule has 422 valence electrons. The summed E-state index contributed by atoms with van der Waals surface area (Å²) in [6, 6.07) is 35.3. The van der Waals surface area contributed by atoms with Gasteiger partial charge in [0.15, 0.2) is 0 Å². The quantitative estimate of drug-likeness (QED) is 0.0956. The van der Waals surface area contributed by atoms with E-state index in [0.29, 0.717) is 108 Å². The van der Waals surface area contributed by atoms with Gasteiger partial charge in [-0.15, -0.1) is 0 Å². The van der Waals surface area contributed by atoms with Gasteiger partial charge in [-0.2, -0.15) is 0 Å². The number of carbonyl (C=O) groups excluding carboxylic acids is 4. The molecule has 0 aliphatic carbocycles. The second kappa shape index (κ2) is 33.7. The molecule has 79 heavy (non-hydrogen) atoms. The van der Waals surface area contributed by atoms with E-state index in [1.807, 2.05) is 109 Å². The summed E-state index contributed by atoms with van der Waals surface area (Å²) in [6.45, 7) is 6.61. The van der Waals surface area contributed by atoms with E-state index in [4.69, 9.17) is 52.1 Å². The fourth-order valence-corrected chi connectivity index (χ4v) is 8.37. The van der Waals surface area contributed by atoms with Crippen molar-refractivity contribution in [1.29, 1.82) is 0 Å². The molecular formula is C60H72N4O15. The smallest absolute Gasteiger partial charge is 0.329 e. The molecule has 5 aromatic carbocycles. The molecule has 0 fully saturated rings. The van der Waals surface area contributed by atoms with E-state index in [1.54, 1.807) is 24.4 Å². The van der Waals surface area contributed by atoms with Crippen molar-refractivity contribution >= 4 is 34.6 Å². The Morgan fingerprint density at radius 3 is 1.37 bits per heavy atom. The molecule has 3 atom stereocenters. The van der Waals surface area contributed by atoms with Crippen molar-refractivity contribution < 1.29 is 71.3 Å². The summed E-state index contributed by atoms with van der Waals surface area (Å²) in [5.74, 6) is -0.0623. The molecule has 7 rings (SSSR count). The third kappa shape index (κ3) is 21.7. The predicted molar refractivity (Wildman–Crippen MR) is 293 cm³/mol. The maximum Gasteiger partial charge on any atom is 0.329 e. The number of rotatable bonds is 14. The minimum Gasteiger partial charge on any atom is -0.491 e. The van der Waals surface area contributed by atoms with Crippen LogP contribution in [0, 0.1) is 0 Å². The Morgan fingerprint density at radius 2 is 0.861 bits per heavy atom. The van der Waals surface area contributed by atoms with Crippen molar-refractivity contribution in [2.45, 2.75) is 50.9 Å². The number of nitrogens with one attached hydrogen (secondary N) is 4. The summed E-state index contributed by atoms with van der Waals surface area (Å²) in [5, 5.41) is 9.47. The van der Waals surface area contributed by atoms with E-state index in [0.717, 1.165) is 27.6 Å². The van der Waals surface area contributed by atoms with Crippen LogP contribution in [0.3, 0.4) is 0 Å². The van der Waals surface area contributed by atoms with Crippen LogP contribution in [0.15, 0.2) is 134 Å². The summed E-state index contributed by atoms with van der Waals surface area (Å²) < 4.78 is 63.9. The predicted octanol–water partition coefficient (Wildman–Crippen LogP) is 5.74. The highest BCUT2D eigenvalue weighted by atomic mass is 16.6. The van der Waals surface area contributed by atoms with Gasteiger partial charge in [-0.05, 0) is 52.6 Å². The fraction of sp³-hybridized carbons (Fsp3) is 0.400. The largest absolute Gasteiger partial charge is 0.491 e. The Labute approximate surface area is 460 Å². The number of carbonyl (C=O) groups is 4. The Balaban J connectivity index is 0.980. The lowest BCUT2D eigenvalue weighted by Crippen LogP contribution is -2.57. The van der Waals surface area contributed by atoms with Gasteiger partial charge in [-0.3, -0.25) is 14.4 Å². The summed E-state index contributed by atoms with van der Waals surface area (Å²) in [7, 11) is 0. The SMILES string of the molecule is CC(=O)N[C@@H](Cc1c[nH]c2ccccc12)C(=O)N[C@@H](Cc1ccccc1)C(=O)N[C@@H](Cc1ccccc1)C(=O)OCc1cc2cc(c1)OCCOCCOCCOCCOc1cccc(c1)OCCOCCOCCOCCO2. The molecule has 6 aromatic rings. The van der Waals surface area contributed by atoms with Crippen LogP contribution < -0.4 is 34.9 Å². The highest BCUT2D eigenvalue weighted by molar-refractivity contribution is 5.94. The van der Waals surface area contributed by atoms with Crippen LogP contribution in [0.2, 0.25) is 0 Å². The van der Waals surface area contributed by atoms with Crippen LogP contribution in [-0.4, -0.2) is 153 Å². The monoisotopic (exact) mass is 1090 g/mol. The number of amides is 3. The molecule has 1 aromatic heterocycles. The molecule has 3 amide bonds. The maximum atomic E-state index is 14.5. The molecule has 19 nitrogen and oxygen atoms in total. The highest BCUT2D eigenvalue weighted by Crippen LogP contribution is 2.25. The molecular weight excluding hydrogens is 1020 g/mol. The van der Waals surface area contributed by atoms with Gasteiger partial charge in [0.05, 0.1) is 79.3 Å². The standard InChI is InChI=1S/C60H72N4O15/c1-44(65)62-56(39-48-42-61-54-18-9-8-17-53(48)54)59(67)63-55(37-45-11-4-2-5-12-45)58(66)64-57(38-46-13-6-3-7-14-46)60(68)79-43-47-35-51-41-52(36-47)78-34-30-74-26-22-70-20-24-72-28-32-76-50-16-10-15-49(40-50)75-31-27-71-23-19-69-21-25-73-29-33-77-51/h2-18,35-36,40-42,55-57,61H,19-34,37-39,43H2,1H3,(H,62,65)(H,63,67)(H,64,66)/t55-,56-,57-/m0/s1. The number of esters is 1. The normalized spacial score (nSPS) is 16.2. The van der Waals surface area contributed by atoms with Crippen molar-refractivity contribution in [2.24, 2.45) is 0 Å². The van der Waals surface area contributed by atoms with Gasteiger partial charge in [0.2, 0.25) is 17.7 Å². The number of hydrogen-bond donors (Lipinski definition) is 4. The number of benzene rings is 5. The molecule has 0 saturated carbocycles. The van der Waals surface area contributed by atoms with E-state index < -0.39 is 41.8 Å². The summed E-state index contributed by atoms with van der Waals surface area (Å²) in [6.07, 6.45) is 2.13. The third-order valence-electron chi connectivity index (χ3n) is 12.2. The number of fused-ring (bicyclic) bond motifs is 5. The van der Waals surface area contributed by atoms with Crippen LogP contribution in [0.4, 0.5) is 0 Å². The van der Waals surface area contributed by atoms with Crippen molar-refractivity contribution in [3.63, 3.8) is 0 Å². The first-order valence-electron chi connectivity index (χ1n) is 26.6. The molecule has 0 saturated heterocycles. The summed E-state index contributed by atoms with van der Waals surface area (Å²) >= 11 is 0. The zero-order chi connectivity index (χ0) is 55.1. The number of para-hydroxylation sites is 1. The van der Waals surface area contributed by atoms with Gasteiger partial charge in [-0.1, -0.05) is 84.9 Å². The first-order valence-corrected chi connectivity index (χ1v) is 26.6. The Morgan fingerprint density at radius 1 is 0.443 bits per heavy atom. The first-order chi connectivity index (χ1) is 38.8. The average molecular weight is 1090 g/mol. The molecule has 4 bridgehead atoms. The lowest BCUT2D eigenvalue weighted by atomic mass is 10.0. The first kappa shape index (κ1) is 59.1. The van der Waals surface area contributed by atoms with Crippen LogP contribution in [0.1, 0.15) is 29.2 Å². The summed E-state index contributed by atoms with van der Waals surface area (Å²) in [5.41, 5.74) is 3.78. The van der Waals surface area contributed by atoms with Gasteiger partial charge in [0, 0.05) is 55.4 Å². The summed E-state index contributed by atoms with van der Waals surface area (Å²) in [4.78, 5) is 58.7. The van der Waals surface area contributed by atoms with Gasteiger partial charge < -0.3 is 73.0 Å². The minimum absolute atomic E-state index is 0.0854. The molecule has 2 heterocycles. The van der Waals surface area contributed by atoms with Gasteiger partial charge in [0.25, 0.3) is 0 Å². The van der Waals surface area contributed by atoms with Crippen LogP contribution in [0.5, 0.6) is 23.0 Å². The number of aromatic amines is 1. The third-order valence-corrected chi connectivity index (χ3v) is 12.2. The lowest BCUT2D eigenvalue weighted by molar-refractivity contribution is -0.149. The van der Waals surface area contributed by atoms with E-state index in [1.165, 1.54) is 6.92 Å². The molecule has 4 N–H and O–H groups in total. The average Bonchev–Trinajstić information content (AvgIpc) is 3.89. The van der Waals surface area contributed by atoms with E-state index in [2.05, 4.69) is 20.9 Å². The molecule has 0 radical (unpaired) electrons. The van der Waals surface area contributed by atoms with Gasteiger partial charge >= 0.3 is 5.97 Å². The van der Waals surface area contributed by atoms with Crippen molar-refractivity contribution in [3.05, 3.63) is 156 Å². The Kier molecular flexibility index (Phi) is 25.2. The van der Waals surface area contributed by atoms with Crippen LogP contribution in [0.25, 0.3) is 10.9 Å². The number of ether oxygens (including phenoxy) is 11. The van der Waals surface area contributed by atoms with Crippen molar-refractivity contribution in [3.8, 4) is 23.0 Å². The van der Waals surface area contributed by atoms with Crippen molar-refractivity contribution in [1.82, 2.24) is 20.9 Å². The van der Waals surface area contributed by atoms with Gasteiger partial charge in [-0.25, -0.2) is 4.79 Å². The topological polar surface area (TPSA) is 222 Å². The highest BCUT2D eigenvalue weighted by Gasteiger charge is 2.31. The van der Waals surface area contributed by atoms with E-state index in [-0.39, 0.29) is 52.3 Å². The molecule has 19 heteroatoms. The molecule has 0 spiro atoms. The Hall–Kier alpha value is -7.52. The minimum atomic E-state index is -1.17.